The van der Waals surface area contributed by atoms with Gasteiger partial charge in [-0.15, -0.1) is 0 Å². The molecule has 0 saturated carbocycles. The van der Waals surface area contributed by atoms with Crippen LogP contribution in [0, 0.1) is 0 Å². The van der Waals surface area contributed by atoms with Crippen molar-refractivity contribution in [2.75, 3.05) is 26.2 Å². The highest BCUT2D eigenvalue weighted by Crippen LogP contribution is 2.12. The largest absolute Gasteiger partial charge is 0.337 e. The lowest BCUT2D eigenvalue weighted by Crippen LogP contribution is -2.35. The van der Waals surface area contributed by atoms with E-state index in [-0.39, 0.29) is 11.8 Å². The highest BCUT2D eigenvalue weighted by Gasteiger charge is 2.21. The molecule has 1 aromatic heterocycles. The van der Waals surface area contributed by atoms with Crippen LogP contribution in [0.1, 0.15) is 126 Å². The topological polar surface area (TPSA) is 53.5 Å². The molecule has 182 valence electrons. The van der Waals surface area contributed by atoms with Crippen LogP contribution < -0.4 is 0 Å². The van der Waals surface area contributed by atoms with Crippen LogP contribution in [0.2, 0.25) is 0 Å². The van der Waals surface area contributed by atoms with Gasteiger partial charge < -0.3 is 9.80 Å². The Bertz CT molecular complexity index is 576. The van der Waals surface area contributed by atoms with E-state index in [9.17, 15) is 9.59 Å². The summed E-state index contributed by atoms with van der Waals surface area (Å²) >= 11 is 0. The van der Waals surface area contributed by atoms with Gasteiger partial charge in [0.1, 0.15) is 11.4 Å². The summed E-state index contributed by atoms with van der Waals surface area (Å²) in [7, 11) is 0. The first-order valence-electron chi connectivity index (χ1n) is 13.1. The number of unbranched alkanes of at least 4 members (excludes halogenated alkanes) is 8. The van der Waals surface area contributed by atoms with Gasteiger partial charge in [-0.2, -0.15) is 0 Å². The minimum atomic E-state index is -0.0460. The first kappa shape index (κ1) is 28.1. The molecule has 5 nitrogen and oxygen atoms in total. The minimum absolute atomic E-state index is 0.0460. The van der Waals surface area contributed by atoms with Crippen LogP contribution in [0.4, 0.5) is 0 Å². The number of hydrogen-bond donors (Lipinski definition) is 0. The molecule has 1 heterocycles. The van der Waals surface area contributed by atoms with Gasteiger partial charge in [0.2, 0.25) is 0 Å². The first-order chi connectivity index (χ1) is 15.6. The highest BCUT2D eigenvalue weighted by atomic mass is 16.2. The van der Waals surface area contributed by atoms with E-state index >= 15 is 0 Å². The molecule has 0 aliphatic carbocycles. The van der Waals surface area contributed by atoms with Crippen molar-refractivity contribution in [3.63, 3.8) is 0 Å². The molecule has 1 aromatic rings. The van der Waals surface area contributed by atoms with Gasteiger partial charge >= 0.3 is 0 Å². The van der Waals surface area contributed by atoms with Gasteiger partial charge in [0.25, 0.3) is 11.8 Å². The monoisotopic (exact) mass is 445 g/mol. The molecule has 0 aromatic carbocycles. The van der Waals surface area contributed by atoms with E-state index in [0.29, 0.717) is 11.4 Å². The number of rotatable bonds is 18. The maximum Gasteiger partial charge on any atom is 0.272 e. The maximum absolute atomic E-state index is 13.2. The van der Waals surface area contributed by atoms with E-state index in [2.05, 4.69) is 32.7 Å². The summed E-state index contributed by atoms with van der Waals surface area (Å²) in [5.74, 6) is -0.0919. The van der Waals surface area contributed by atoms with Crippen molar-refractivity contribution >= 4 is 11.8 Å². The van der Waals surface area contributed by atoms with Crippen molar-refractivity contribution in [2.24, 2.45) is 0 Å². The van der Waals surface area contributed by atoms with Gasteiger partial charge in [-0.25, -0.2) is 4.98 Å². The summed E-state index contributed by atoms with van der Waals surface area (Å²) in [6.07, 6.45) is 13.0. The van der Waals surface area contributed by atoms with Crippen molar-refractivity contribution in [3.05, 3.63) is 29.6 Å². The predicted octanol–water partition coefficient (Wildman–Crippen LogP) is 6.73. The molecule has 32 heavy (non-hydrogen) atoms. The maximum atomic E-state index is 13.2. The molecular formula is C27H47N3O2. The Hall–Kier alpha value is -1.91. The average Bonchev–Trinajstić information content (AvgIpc) is 2.81. The molecule has 1 rings (SSSR count). The smallest absolute Gasteiger partial charge is 0.272 e. The number of amides is 2. The quantitative estimate of drug-likeness (QED) is 0.235. The Morgan fingerprint density at radius 3 is 1.19 bits per heavy atom. The fraction of sp³-hybridized carbons (Fsp3) is 0.741. The van der Waals surface area contributed by atoms with E-state index in [1.807, 2.05) is 9.80 Å². The molecule has 0 bridgehead atoms. The lowest BCUT2D eigenvalue weighted by atomic mass is 10.2. The average molecular weight is 446 g/mol. The van der Waals surface area contributed by atoms with E-state index in [4.69, 9.17) is 0 Å². The van der Waals surface area contributed by atoms with Crippen LogP contribution >= 0.6 is 0 Å². The second-order valence-corrected chi connectivity index (χ2v) is 8.82. The van der Waals surface area contributed by atoms with Crippen molar-refractivity contribution in [1.82, 2.24) is 14.8 Å². The Labute approximate surface area is 197 Å². The zero-order valence-corrected chi connectivity index (χ0v) is 21.2. The molecule has 0 saturated heterocycles. The Balaban J connectivity index is 2.94. The molecule has 5 heteroatoms. The summed E-state index contributed by atoms with van der Waals surface area (Å²) in [4.78, 5) is 34.9. The number of carbonyl (C=O) groups is 2. The predicted molar refractivity (Wildman–Crippen MR) is 134 cm³/mol. The SMILES string of the molecule is CCCCCN(CCCCC)C(=O)c1cccc(C(=O)N(CCCCC)CCCCC)n1. The van der Waals surface area contributed by atoms with Crippen molar-refractivity contribution in [3.8, 4) is 0 Å². The number of hydrogen-bond acceptors (Lipinski definition) is 3. The van der Waals surface area contributed by atoms with Crippen LogP contribution in [0.15, 0.2) is 18.2 Å². The van der Waals surface area contributed by atoms with E-state index in [1.54, 1.807) is 18.2 Å². The van der Waals surface area contributed by atoms with Gasteiger partial charge in [-0.3, -0.25) is 9.59 Å². The zero-order chi connectivity index (χ0) is 23.6. The molecule has 2 amide bonds. The third kappa shape index (κ3) is 10.6. The van der Waals surface area contributed by atoms with Crippen LogP contribution in [0.25, 0.3) is 0 Å². The summed E-state index contributed by atoms with van der Waals surface area (Å²) in [5, 5.41) is 0. The summed E-state index contributed by atoms with van der Waals surface area (Å²) in [6.45, 7) is 11.7. The molecular weight excluding hydrogens is 398 g/mol. The molecule has 0 fully saturated rings. The Kier molecular flexibility index (Phi) is 15.5. The second kappa shape index (κ2) is 17.6. The molecule has 0 N–H and O–H groups in total. The first-order valence-corrected chi connectivity index (χ1v) is 13.1. The number of aromatic nitrogens is 1. The van der Waals surface area contributed by atoms with Gasteiger partial charge in [0.05, 0.1) is 0 Å². The summed E-state index contributed by atoms with van der Waals surface area (Å²) in [6, 6.07) is 5.31. The van der Waals surface area contributed by atoms with E-state index < -0.39 is 0 Å². The Morgan fingerprint density at radius 2 is 0.906 bits per heavy atom. The fourth-order valence-electron chi connectivity index (χ4n) is 3.84. The fourth-order valence-corrected chi connectivity index (χ4v) is 3.84. The minimum Gasteiger partial charge on any atom is -0.337 e. The third-order valence-electron chi connectivity index (χ3n) is 5.89. The number of nitrogens with zero attached hydrogens (tertiary/aromatic N) is 3. The van der Waals surface area contributed by atoms with Crippen LogP contribution in [-0.2, 0) is 0 Å². The van der Waals surface area contributed by atoms with Crippen molar-refractivity contribution in [1.29, 1.82) is 0 Å². The molecule has 0 aliphatic heterocycles. The summed E-state index contributed by atoms with van der Waals surface area (Å²) < 4.78 is 0. The molecule has 0 atom stereocenters. The molecule has 0 aliphatic rings. The standard InChI is InChI=1S/C27H47N3O2/c1-5-9-13-20-29(21-14-10-6-2)26(31)24-18-17-19-25(28-24)27(32)30(22-15-11-7-3)23-16-12-8-4/h17-19H,5-16,20-23H2,1-4H3. The van der Waals surface area contributed by atoms with Crippen molar-refractivity contribution in [2.45, 2.75) is 105 Å². The third-order valence-corrected chi connectivity index (χ3v) is 5.89. The van der Waals surface area contributed by atoms with Crippen LogP contribution in [-0.4, -0.2) is 52.8 Å². The molecule has 0 radical (unpaired) electrons. The number of pyridine rings is 1. The number of carbonyl (C=O) groups excluding carboxylic acids is 2. The van der Waals surface area contributed by atoms with Crippen molar-refractivity contribution < 1.29 is 9.59 Å². The van der Waals surface area contributed by atoms with Crippen LogP contribution in [0.3, 0.4) is 0 Å². The second-order valence-electron chi connectivity index (χ2n) is 8.82. The highest BCUT2D eigenvalue weighted by molar-refractivity contribution is 5.96. The normalized spacial score (nSPS) is 10.9. The van der Waals surface area contributed by atoms with Gasteiger partial charge in [0.15, 0.2) is 0 Å². The van der Waals surface area contributed by atoms with E-state index in [0.717, 1.165) is 103 Å². The molecule has 0 unspecified atom stereocenters. The molecule has 0 spiro atoms. The lowest BCUT2D eigenvalue weighted by molar-refractivity contribution is 0.0736. The van der Waals surface area contributed by atoms with E-state index in [1.165, 1.54) is 0 Å². The van der Waals surface area contributed by atoms with Gasteiger partial charge in [-0.1, -0.05) is 85.1 Å². The van der Waals surface area contributed by atoms with Gasteiger partial charge in [-0.05, 0) is 37.8 Å². The summed E-state index contributed by atoms with van der Waals surface area (Å²) in [5.41, 5.74) is 0.789. The lowest BCUT2D eigenvalue weighted by Gasteiger charge is -2.24. The van der Waals surface area contributed by atoms with Crippen LogP contribution in [0.5, 0.6) is 0 Å². The Morgan fingerprint density at radius 1 is 0.594 bits per heavy atom. The zero-order valence-electron chi connectivity index (χ0n) is 21.2. The van der Waals surface area contributed by atoms with Gasteiger partial charge in [0, 0.05) is 26.2 Å².